The Labute approximate surface area is 184 Å². The third-order valence-electron chi connectivity index (χ3n) is 5.45. The number of nitrogens with one attached hydrogen (secondary N) is 1. The van der Waals surface area contributed by atoms with Gasteiger partial charge in [0, 0.05) is 19.6 Å². The number of hydrogen-bond acceptors (Lipinski definition) is 4. The summed E-state index contributed by atoms with van der Waals surface area (Å²) in [5.74, 6) is -0.276. The SMILES string of the molecule is CC(C)N(C)C(=O)[C@H](Cc1ccc(CN)cc1)NS(=O)(=O)c1ccc2ccccc2c1. The topological polar surface area (TPSA) is 92.5 Å². The van der Waals surface area contributed by atoms with E-state index in [-0.39, 0.29) is 23.3 Å². The van der Waals surface area contributed by atoms with E-state index in [1.54, 1.807) is 30.1 Å². The maximum Gasteiger partial charge on any atom is 0.241 e. The molecule has 3 aromatic rings. The van der Waals surface area contributed by atoms with E-state index in [2.05, 4.69) is 4.72 Å². The Morgan fingerprint density at radius 2 is 1.58 bits per heavy atom. The van der Waals surface area contributed by atoms with Gasteiger partial charge in [0.2, 0.25) is 15.9 Å². The lowest BCUT2D eigenvalue weighted by Crippen LogP contribution is -2.50. The van der Waals surface area contributed by atoms with E-state index in [0.29, 0.717) is 6.54 Å². The fraction of sp³-hybridized carbons (Fsp3) is 0.292. The Bertz CT molecular complexity index is 1160. The van der Waals surface area contributed by atoms with Crippen LogP contribution in [0.3, 0.4) is 0 Å². The van der Waals surface area contributed by atoms with Gasteiger partial charge in [-0.25, -0.2) is 8.42 Å². The van der Waals surface area contributed by atoms with Crippen LogP contribution in [0.2, 0.25) is 0 Å². The van der Waals surface area contributed by atoms with E-state index >= 15 is 0 Å². The molecule has 0 aromatic heterocycles. The van der Waals surface area contributed by atoms with Gasteiger partial charge in [0.05, 0.1) is 4.90 Å². The van der Waals surface area contributed by atoms with Crippen molar-refractivity contribution in [3.8, 4) is 0 Å². The minimum atomic E-state index is -3.91. The number of hydrogen-bond donors (Lipinski definition) is 2. The highest BCUT2D eigenvalue weighted by molar-refractivity contribution is 7.89. The summed E-state index contributed by atoms with van der Waals surface area (Å²) in [6.07, 6.45) is 0.244. The Morgan fingerprint density at radius 3 is 2.19 bits per heavy atom. The maximum absolute atomic E-state index is 13.2. The average Bonchev–Trinajstić information content (AvgIpc) is 2.77. The smallest absolute Gasteiger partial charge is 0.241 e. The highest BCUT2D eigenvalue weighted by Gasteiger charge is 2.29. The molecule has 0 bridgehead atoms. The van der Waals surface area contributed by atoms with Crippen LogP contribution in [0.4, 0.5) is 0 Å². The predicted molar refractivity (Wildman–Crippen MR) is 124 cm³/mol. The zero-order valence-electron chi connectivity index (χ0n) is 18.1. The van der Waals surface area contributed by atoms with Crippen LogP contribution < -0.4 is 10.5 Å². The Kier molecular flexibility index (Phi) is 7.10. The minimum Gasteiger partial charge on any atom is -0.342 e. The minimum absolute atomic E-state index is 0.0558. The molecule has 1 amide bonds. The molecule has 164 valence electrons. The molecule has 0 spiro atoms. The van der Waals surface area contributed by atoms with E-state index in [1.807, 2.05) is 62.4 Å². The molecule has 0 fully saturated rings. The molecule has 3 N–H and O–H groups in total. The molecule has 0 unspecified atom stereocenters. The highest BCUT2D eigenvalue weighted by atomic mass is 32.2. The molecule has 1 atom stereocenters. The first-order chi connectivity index (χ1) is 14.7. The Morgan fingerprint density at radius 1 is 0.968 bits per heavy atom. The van der Waals surface area contributed by atoms with Gasteiger partial charge in [-0.3, -0.25) is 4.79 Å². The number of amides is 1. The number of likely N-dealkylation sites (N-methyl/N-ethyl adjacent to an activating group) is 1. The first kappa shape index (κ1) is 22.9. The van der Waals surface area contributed by atoms with Crippen LogP contribution in [-0.2, 0) is 27.8 Å². The lowest BCUT2D eigenvalue weighted by Gasteiger charge is -2.27. The van der Waals surface area contributed by atoms with E-state index in [9.17, 15) is 13.2 Å². The third kappa shape index (κ3) is 5.50. The molecule has 0 radical (unpaired) electrons. The van der Waals surface area contributed by atoms with Crippen LogP contribution in [0.5, 0.6) is 0 Å². The molecule has 3 rings (SSSR count). The van der Waals surface area contributed by atoms with Crippen molar-refractivity contribution in [3.63, 3.8) is 0 Å². The monoisotopic (exact) mass is 439 g/mol. The fourth-order valence-electron chi connectivity index (χ4n) is 3.32. The van der Waals surface area contributed by atoms with E-state index < -0.39 is 16.1 Å². The predicted octanol–water partition coefficient (Wildman–Crippen LogP) is 3.05. The van der Waals surface area contributed by atoms with Crippen LogP contribution in [0.25, 0.3) is 10.8 Å². The van der Waals surface area contributed by atoms with E-state index in [0.717, 1.165) is 21.9 Å². The molecule has 31 heavy (non-hydrogen) atoms. The lowest BCUT2D eigenvalue weighted by atomic mass is 10.0. The molecular weight excluding hydrogens is 410 g/mol. The average molecular weight is 440 g/mol. The van der Waals surface area contributed by atoms with E-state index in [4.69, 9.17) is 5.73 Å². The van der Waals surface area contributed by atoms with Crippen molar-refractivity contribution in [2.75, 3.05) is 7.05 Å². The maximum atomic E-state index is 13.2. The van der Waals surface area contributed by atoms with Crippen molar-refractivity contribution in [2.24, 2.45) is 5.73 Å². The van der Waals surface area contributed by atoms with Gasteiger partial charge in [0.15, 0.2) is 0 Å². The van der Waals surface area contributed by atoms with Crippen LogP contribution in [0.1, 0.15) is 25.0 Å². The number of nitrogens with two attached hydrogens (primary N) is 1. The first-order valence-electron chi connectivity index (χ1n) is 10.3. The third-order valence-corrected chi connectivity index (χ3v) is 6.92. The van der Waals surface area contributed by atoms with Crippen LogP contribution in [-0.4, -0.2) is 38.4 Å². The molecule has 3 aromatic carbocycles. The van der Waals surface area contributed by atoms with Crippen LogP contribution in [0, 0.1) is 0 Å². The second-order valence-electron chi connectivity index (χ2n) is 7.95. The molecule has 0 aliphatic heterocycles. The van der Waals surface area contributed by atoms with Crippen molar-refractivity contribution in [2.45, 2.75) is 43.8 Å². The zero-order chi connectivity index (χ0) is 22.6. The normalized spacial score (nSPS) is 12.8. The van der Waals surface area contributed by atoms with Gasteiger partial charge in [-0.1, -0.05) is 54.6 Å². The van der Waals surface area contributed by atoms with Gasteiger partial charge in [-0.05, 0) is 54.3 Å². The number of benzene rings is 3. The summed E-state index contributed by atoms with van der Waals surface area (Å²) in [5.41, 5.74) is 7.49. The van der Waals surface area contributed by atoms with Crippen molar-refractivity contribution < 1.29 is 13.2 Å². The van der Waals surface area contributed by atoms with Gasteiger partial charge in [0.25, 0.3) is 0 Å². The van der Waals surface area contributed by atoms with Crippen molar-refractivity contribution in [1.82, 2.24) is 9.62 Å². The van der Waals surface area contributed by atoms with Crippen molar-refractivity contribution >= 4 is 26.7 Å². The second-order valence-corrected chi connectivity index (χ2v) is 9.66. The molecule has 0 heterocycles. The molecule has 0 saturated heterocycles. The van der Waals surface area contributed by atoms with Gasteiger partial charge in [-0.2, -0.15) is 4.72 Å². The van der Waals surface area contributed by atoms with Crippen molar-refractivity contribution in [1.29, 1.82) is 0 Å². The number of fused-ring (bicyclic) bond motifs is 1. The fourth-order valence-corrected chi connectivity index (χ4v) is 4.54. The quantitative estimate of drug-likeness (QED) is 0.564. The molecule has 0 aliphatic rings. The second kappa shape index (κ2) is 9.60. The Balaban J connectivity index is 1.91. The summed E-state index contributed by atoms with van der Waals surface area (Å²) >= 11 is 0. The number of nitrogens with zero attached hydrogens (tertiary/aromatic N) is 1. The van der Waals surface area contributed by atoms with Gasteiger partial charge >= 0.3 is 0 Å². The molecule has 7 heteroatoms. The summed E-state index contributed by atoms with van der Waals surface area (Å²) in [4.78, 5) is 14.8. The molecule has 6 nitrogen and oxygen atoms in total. The van der Waals surface area contributed by atoms with Crippen LogP contribution >= 0.6 is 0 Å². The summed E-state index contributed by atoms with van der Waals surface area (Å²) in [5, 5.41) is 1.78. The standard InChI is InChI=1S/C24H29N3O3S/c1-17(2)27(3)24(28)23(14-18-8-10-19(16-25)11-9-18)26-31(29,30)22-13-12-20-6-4-5-7-21(20)15-22/h4-13,15,17,23,26H,14,16,25H2,1-3H3/t23-/m0/s1. The highest BCUT2D eigenvalue weighted by Crippen LogP contribution is 2.20. The summed E-state index contributed by atoms with van der Waals surface area (Å²) in [6.45, 7) is 4.21. The first-order valence-corrected chi connectivity index (χ1v) is 11.8. The summed E-state index contributed by atoms with van der Waals surface area (Å²) in [7, 11) is -2.22. The molecule has 0 aliphatic carbocycles. The van der Waals surface area contributed by atoms with Gasteiger partial charge in [0.1, 0.15) is 6.04 Å². The number of sulfonamides is 1. The lowest BCUT2D eigenvalue weighted by molar-refractivity contribution is -0.133. The zero-order valence-corrected chi connectivity index (χ0v) is 18.9. The van der Waals surface area contributed by atoms with Gasteiger partial charge < -0.3 is 10.6 Å². The molecular formula is C24H29N3O3S. The summed E-state index contributed by atoms with van der Waals surface area (Å²) < 4.78 is 29.0. The summed E-state index contributed by atoms with van der Waals surface area (Å²) in [6, 6.07) is 19.1. The van der Waals surface area contributed by atoms with Crippen LogP contribution in [0.15, 0.2) is 71.6 Å². The molecule has 0 saturated carbocycles. The number of rotatable bonds is 8. The van der Waals surface area contributed by atoms with E-state index in [1.165, 1.54) is 0 Å². The number of carbonyl (C=O) groups is 1. The largest absolute Gasteiger partial charge is 0.342 e. The number of carbonyl (C=O) groups excluding carboxylic acids is 1. The Hall–Kier alpha value is -2.74. The van der Waals surface area contributed by atoms with Crippen molar-refractivity contribution in [3.05, 3.63) is 77.9 Å². The van der Waals surface area contributed by atoms with Gasteiger partial charge in [-0.15, -0.1) is 0 Å².